The van der Waals surface area contributed by atoms with E-state index in [2.05, 4.69) is 15.6 Å². The minimum atomic E-state index is -0.756. The van der Waals surface area contributed by atoms with E-state index < -0.39 is 5.60 Å². The van der Waals surface area contributed by atoms with Gasteiger partial charge in [0.2, 0.25) is 5.89 Å². The number of benzene rings is 1. The predicted molar refractivity (Wildman–Crippen MR) is 90.4 cm³/mol. The molecule has 1 heterocycles. The van der Waals surface area contributed by atoms with Gasteiger partial charge in [0.1, 0.15) is 12.1 Å². The first-order valence-corrected chi connectivity index (χ1v) is 8.49. The Morgan fingerprint density at radius 3 is 2.68 bits per heavy atom. The molecule has 0 atom stereocenters. The molecule has 3 N–H and O–H groups in total. The van der Waals surface area contributed by atoms with Crippen molar-refractivity contribution < 1.29 is 18.7 Å². The van der Waals surface area contributed by atoms with E-state index in [1.54, 1.807) is 12.1 Å². The van der Waals surface area contributed by atoms with E-state index in [-0.39, 0.29) is 18.4 Å². The highest BCUT2D eigenvalue weighted by Gasteiger charge is 2.31. The molecule has 6 nitrogen and oxygen atoms in total. The summed E-state index contributed by atoms with van der Waals surface area (Å²) < 4.78 is 18.3. The second kappa shape index (κ2) is 7.65. The van der Waals surface area contributed by atoms with Crippen LogP contribution < -0.4 is 10.6 Å². The molecule has 1 aromatic heterocycles. The highest BCUT2D eigenvalue weighted by Crippen LogP contribution is 2.28. The first-order chi connectivity index (χ1) is 12.0. The van der Waals surface area contributed by atoms with Gasteiger partial charge in [-0.3, -0.25) is 0 Å². The number of hydrogen-bond acceptors (Lipinski definition) is 4. The van der Waals surface area contributed by atoms with Crippen LogP contribution in [0.3, 0.4) is 0 Å². The molecular weight excluding hydrogens is 325 g/mol. The molecule has 2 aromatic rings. The molecule has 1 aliphatic rings. The number of hydrogen-bond donors (Lipinski definition) is 3. The molecule has 134 valence electrons. The lowest BCUT2D eigenvalue weighted by atomic mass is 10.0. The molecule has 7 heteroatoms. The standard InChI is InChI=1S/C18H22FN3O3/c19-14-5-3-13(4-6-14)16-22-15(11-25-16)7-10-20-17(23)21-12-18(24)8-1-2-9-18/h3-6,11,24H,1-2,7-10,12H2,(H2,20,21,23). The van der Waals surface area contributed by atoms with E-state index in [0.29, 0.717) is 30.1 Å². The number of aliphatic hydroxyl groups is 1. The van der Waals surface area contributed by atoms with Crippen LogP contribution in [0.4, 0.5) is 9.18 Å². The van der Waals surface area contributed by atoms with Crippen LogP contribution in [0.1, 0.15) is 31.4 Å². The lowest BCUT2D eigenvalue weighted by molar-refractivity contribution is 0.0501. The smallest absolute Gasteiger partial charge is 0.314 e. The highest BCUT2D eigenvalue weighted by molar-refractivity contribution is 5.73. The van der Waals surface area contributed by atoms with Crippen LogP contribution >= 0.6 is 0 Å². The van der Waals surface area contributed by atoms with E-state index in [1.165, 1.54) is 18.4 Å². The topological polar surface area (TPSA) is 87.4 Å². The maximum absolute atomic E-state index is 12.9. The van der Waals surface area contributed by atoms with Crippen molar-refractivity contribution in [2.75, 3.05) is 13.1 Å². The number of carbonyl (C=O) groups is 1. The summed E-state index contributed by atoms with van der Waals surface area (Å²) in [6.45, 7) is 0.678. The van der Waals surface area contributed by atoms with Crippen molar-refractivity contribution in [3.63, 3.8) is 0 Å². The SMILES string of the molecule is O=C(NCCc1coc(-c2ccc(F)cc2)n1)NCC1(O)CCCC1. The van der Waals surface area contributed by atoms with Gasteiger partial charge in [0.25, 0.3) is 0 Å². The zero-order valence-corrected chi connectivity index (χ0v) is 13.9. The number of aromatic nitrogens is 1. The molecule has 0 saturated heterocycles. The van der Waals surface area contributed by atoms with Gasteiger partial charge in [-0.15, -0.1) is 0 Å². The minimum absolute atomic E-state index is 0.275. The summed E-state index contributed by atoms with van der Waals surface area (Å²) in [7, 11) is 0. The van der Waals surface area contributed by atoms with E-state index >= 15 is 0 Å². The van der Waals surface area contributed by atoms with Crippen molar-refractivity contribution in [2.45, 2.75) is 37.7 Å². The summed E-state index contributed by atoms with van der Waals surface area (Å²) in [6, 6.07) is 5.60. The molecule has 25 heavy (non-hydrogen) atoms. The van der Waals surface area contributed by atoms with Crippen LogP contribution in [0, 0.1) is 5.82 Å². The molecule has 3 rings (SSSR count). The number of nitrogens with zero attached hydrogens (tertiary/aromatic N) is 1. The van der Waals surface area contributed by atoms with Crippen LogP contribution in [0.25, 0.3) is 11.5 Å². The normalized spacial score (nSPS) is 15.9. The Hall–Kier alpha value is -2.41. The average Bonchev–Trinajstić information content (AvgIpc) is 3.24. The molecule has 0 bridgehead atoms. The summed E-state index contributed by atoms with van der Waals surface area (Å²) in [5, 5.41) is 15.6. The second-order valence-electron chi connectivity index (χ2n) is 6.44. The lowest BCUT2D eigenvalue weighted by Crippen LogP contribution is -2.45. The van der Waals surface area contributed by atoms with Gasteiger partial charge in [0.05, 0.1) is 11.3 Å². The Kier molecular flexibility index (Phi) is 5.33. The fourth-order valence-corrected chi connectivity index (χ4v) is 2.97. The number of urea groups is 1. The second-order valence-corrected chi connectivity index (χ2v) is 6.44. The van der Waals surface area contributed by atoms with E-state index in [4.69, 9.17) is 4.42 Å². The van der Waals surface area contributed by atoms with E-state index in [1.807, 2.05) is 0 Å². The number of rotatable bonds is 6. The zero-order chi connectivity index (χ0) is 17.7. The summed E-state index contributed by atoms with van der Waals surface area (Å²) in [5.41, 5.74) is 0.644. The summed E-state index contributed by atoms with van der Waals surface area (Å²) in [6.07, 6.45) is 5.52. The minimum Gasteiger partial charge on any atom is -0.444 e. The Morgan fingerprint density at radius 2 is 1.96 bits per heavy atom. The van der Waals surface area contributed by atoms with Crippen molar-refractivity contribution in [1.29, 1.82) is 0 Å². The first kappa shape index (κ1) is 17.4. The average molecular weight is 347 g/mol. The number of nitrogens with one attached hydrogen (secondary N) is 2. The van der Waals surface area contributed by atoms with Crippen LogP contribution in [0.15, 0.2) is 34.9 Å². The maximum atomic E-state index is 12.9. The van der Waals surface area contributed by atoms with E-state index in [0.717, 1.165) is 25.7 Å². The molecule has 0 aliphatic heterocycles. The molecule has 1 saturated carbocycles. The van der Waals surface area contributed by atoms with Gasteiger partial charge >= 0.3 is 6.03 Å². The van der Waals surface area contributed by atoms with Crippen LogP contribution in [0.2, 0.25) is 0 Å². The summed E-state index contributed by atoms with van der Waals surface area (Å²) in [4.78, 5) is 16.1. The third-order valence-corrected chi connectivity index (χ3v) is 4.42. The number of halogens is 1. The lowest BCUT2D eigenvalue weighted by Gasteiger charge is -2.22. The molecule has 0 unspecified atom stereocenters. The molecule has 1 fully saturated rings. The third-order valence-electron chi connectivity index (χ3n) is 4.42. The van der Waals surface area contributed by atoms with Gasteiger partial charge in [-0.05, 0) is 37.1 Å². The van der Waals surface area contributed by atoms with Crippen molar-refractivity contribution in [1.82, 2.24) is 15.6 Å². The first-order valence-electron chi connectivity index (χ1n) is 8.49. The Bertz CT molecular complexity index is 709. The number of carbonyl (C=O) groups excluding carboxylic acids is 1. The van der Waals surface area contributed by atoms with Crippen molar-refractivity contribution in [3.05, 3.63) is 42.0 Å². The van der Waals surface area contributed by atoms with Crippen molar-refractivity contribution in [3.8, 4) is 11.5 Å². The fraction of sp³-hybridized carbons (Fsp3) is 0.444. The van der Waals surface area contributed by atoms with Crippen LogP contribution in [-0.2, 0) is 6.42 Å². The fourth-order valence-electron chi connectivity index (χ4n) is 2.97. The number of amides is 2. The van der Waals surface area contributed by atoms with Gasteiger partial charge in [-0.25, -0.2) is 14.2 Å². The Morgan fingerprint density at radius 1 is 1.24 bits per heavy atom. The van der Waals surface area contributed by atoms with Crippen molar-refractivity contribution >= 4 is 6.03 Å². The van der Waals surface area contributed by atoms with Crippen molar-refractivity contribution in [2.24, 2.45) is 0 Å². The molecule has 0 spiro atoms. The largest absolute Gasteiger partial charge is 0.444 e. The molecule has 1 aliphatic carbocycles. The summed E-state index contributed by atoms with van der Waals surface area (Å²) >= 11 is 0. The number of oxazole rings is 1. The van der Waals surface area contributed by atoms with Crippen LogP contribution in [0.5, 0.6) is 0 Å². The molecular formula is C18H22FN3O3. The van der Waals surface area contributed by atoms with Gasteiger partial charge in [-0.1, -0.05) is 12.8 Å². The molecule has 2 amide bonds. The highest BCUT2D eigenvalue weighted by atomic mass is 19.1. The van der Waals surface area contributed by atoms with Gasteiger partial charge in [-0.2, -0.15) is 0 Å². The maximum Gasteiger partial charge on any atom is 0.314 e. The Labute approximate surface area is 145 Å². The van der Waals surface area contributed by atoms with Crippen LogP contribution in [-0.4, -0.2) is 34.8 Å². The summed E-state index contributed by atoms with van der Waals surface area (Å²) in [5.74, 6) is 0.107. The van der Waals surface area contributed by atoms with Gasteiger partial charge < -0.3 is 20.2 Å². The Balaban J connectivity index is 1.41. The van der Waals surface area contributed by atoms with Gasteiger partial charge in [0, 0.05) is 25.1 Å². The third kappa shape index (κ3) is 4.79. The quantitative estimate of drug-likeness (QED) is 0.750. The molecule has 1 aromatic carbocycles. The van der Waals surface area contributed by atoms with E-state index in [9.17, 15) is 14.3 Å². The predicted octanol–water partition coefficient (Wildman–Crippen LogP) is 2.63. The zero-order valence-electron chi connectivity index (χ0n) is 13.9. The monoisotopic (exact) mass is 347 g/mol. The molecule has 0 radical (unpaired) electrons. The van der Waals surface area contributed by atoms with Gasteiger partial charge in [0.15, 0.2) is 0 Å².